The standard InChI is InChI=1S/C16H20N2O/c1-11-6-7-15(12(2)9-11)19-16(13(3)17)14-5-4-8-18-10-14/h4-10,13,16H,17H2,1-3H3. The minimum absolute atomic E-state index is 0.107. The first-order valence-corrected chi connectivity index (χ1v) is 6.47. The van der Waals surface area contributed by atoms with Crippen LogP contribution in [0.25, 0.3) is 0 Å². The van der Waals surface area contributed by atoms with Crippen molar-refractivity contribution in [2.24, 2.45) is 5.73 Å². The molecule has 1 aromatic heterocycles. The number of pyridine rings is 1. The molecule has 3 nitrogen and oxygen atoms in total. The third-order valence-corrected chi connectivity index (χ3v) is 3.07. The van der Waals surface area contributed by atoms with E-state index in [0.29, 0.717) is 0 Å². The van der Waals surface area contributed by atoms with E-state index in [1.807, 2.05) is 38.1 Å². The maximum absolute atomic E-state index is 6.08. The average Bonchev–Trinajstić information content (AvgIpc) is 2.38. The predicted octanol–water partition coefficient (Wildman–Crippen LogP) is 3.17. The molecule has 100 valence electrons. The van der Waals surface area contributed by atoms with E-state index in [1.165, 1.54) is 5.56 Å². The van der Waals surface area contributed by atoms with Crippen LogP contribution in [0, 0.1) is 13.8 Å². The molecule has 1 aromatic carbocycles. The van der Waals surface area contributed by atoms with E-state index >= 15 is 0 Å². The Morgan fingerprint density at radius 3 is 2.58 bits per heavy atom. The van der Waals surface area contributed by atoms with Gasteiger partial charge < -0.3 is 10.5 Å². The molecule has 0 bridgehead atoms. The maximum Gasteiger partial charge on any atom is 0.140 e. The molecule has 0 aliphatic carbocycles. The summed E-state index contributed by atoms with van der Waals surface area (Å²) in [7, 11) is 0. The Morgan fingerprint density at radius 2 is 2.00 bits per heavy atom. The summed E-state index contributed by atoms with van der Waals surface area (Å²) in [5, 5.41) is 0. The number of nitrogens with zero attached hydrogens (tertiary/aromatic N) is 1. The van der Waals surface area contributed by atoms with Crippen molar-refractivity contribution in [3.05, 3.63) is 59.4 Å². The van der Waals surface area contributed by atoms with Crippen molar-refractivity contribution >= 4 is 0 Å². The second kappa shape index (κ2) is 5.85. The zero-order valence-electron chi connectivity index (χ0n) is 11.6. The lowest BCUT2D eigenvalue weighted by atomic mass is 10.1. The van der Waals surface area contributed by atoms with Gasteiger partial charge in [-0.1, -0.05) is 23.8 Å². The summed E-state index contributed by atoms with van der Waals surface area (Å²) in [6.45, 7) is 6.06. The van der Waals surface area contributed by atoms with E-state index in [2.05, 4.69) is 18.0 Å². The SMILES string of the molecule is Cc1ccc(OC(c2cccnc2)C(C)N)c(C)c1. The Hall–Kier alpha value is -1.87. The van der Waals surface area contributed by atoms with E-state index in [0.717, 1.165) is 16.9 Å². The minimum Gasteiger partial charge on any atom is -0.484 e. The van der Waals surface area contributed by atoms with Gasteiger partial charge in [0.15, 0.2) is 0 Å². The number of rotatable bonds is 4. The fourth-order valence-electron chi connectivity index (χ4n) is 2.09. The molecule has 2 atom stereocenters. The van der Waals surface area contributed by atoms with Crippen molar-refractivity contribution in [1.82, 2.24) is 4.98 Å². The molecule has 19 heavy (non-hydrogen) atoms. The van der Waals surface area contributed by atoms with Crippen molar-refractivity contribution in [1.29, 1.82) is 0 Å². The van der Waals surface area contributed by atoms with Crippen molar-refractivity contribution in [2.75, 3.05) is 0 Å². The van der Waals surface area contributed by atoms with E-state index in [-0.39, 0.29) is 12.1 Å². The molecule has 0 saturated carbocycles. The minimum atomic E-state index is -0.185. The Labute approximate surface area is 114 Å². The lowest BCUT2D eigenvalue weighted by Crippen LogP contribution is -2.29. The van der Waals surface area contributed by atoms with Crippen LogP contribution in [-0.4, -0.2) is 11.0 Å². The van der Waals surface area contributed by atoms with Gasteiger partial charge in [0, 0.05) is 24.0 Å². The summed E-state index contributed by atoms with van der Waals surface area (Å²) in [4.78, 5) is 4.13. The number of aromatic nitrogens is 1. The monoisotopic (exact) mass is 256 g/mol. The molecule has 2 unspecified atom stereocenters. The van der Waals surface area contributed by atoms with Crippen LogP contribution in [0.4, 0.5) is 0 Å². The average molecular weight is 256 g/mol. The Balaban J connectivity index is 2.27. The van der Waals surface area contributed by atoms with Crippen LogP contribution in [0.2, 0.25) is 0 Å². The highest BCUT2D eigenvalue weighted by Gasteiger charge is 2.19. The van der Waals surface area contributed by atoms with Crippen molar-refractivity contribution in [2.45, 2.75) is 32.9 Å². The number of hydrogen-bond acceptors (Lipinski definition) is 3. The first kappa shape index (κ1) is 13.6. The zero-order chi connectivity index (χ0) is 13.8. The topological polar surface area (TPSA) is 48.1 Å². The van der Waals surface area contributed by atoms with Gasteiger partial charge in [-0.3, -0.25) is 4.98 Å². The predicted molar refractivity (Wildman–Crippen MR) is 77.2 cm³/mol. The van der Waals surface area contributed by atoms with Crippen LogP contribution in [0.3, 0.4) is 0 Å². The van der Waals surface area contributed by atoms with Crippen molar-refractivity contribution in [3.63, 3.8) is 0 Å². The molecule has 2 aromatic rings. The zero-order valence-corrected chi connectivity index (χ0v) is 11.6. The smallest absolute Gasteiger partial charge is 0.140 e. The fraction of sp³-hybridized carbons (Fsp3) is 0.312. The second-order valence-corrected chi connectivity index (χ2v) is 4.95. The number of hydrogen-bond donors (Lipinski definition) is 1. The molecule has 0 spiro atoms. The van der Waals surface area contributed by atoms with Crippen LogP contribution in [-0.2, 0) is 0 Å². The molecule has 0 fully saturated rings. The summed E-state index contributed by atoms with van der Waals surface area (Å²) >= 11 is 0. The molecule has 0 amide bonds. The molecule has 2 N–H and O–H groups in total. The van der Waals surface area contributed by atoms with Crippen LogP contribution in [0.15, 0.2) is 42.7 Å². The summed E-state index contributed by atoms with van der Waals surface area (Å²) in [6.07, 6.45) is 3.37. The largest absolute Gasteiger partial charge is 0.484 e. The lowest BCUT2D eigenvalue weighted by Gasteiger charge is -2.23. The van der Waals surface area contributed by atoms with E-state index < -0.39 is 0 Å². The van der Waals surface area contributed by atoms with Gasteiger partial charge in [0.05, 0.1) is 0 Å². The molecule has 1 heterocycles. The van der Waals surface area contributed by atoms with Crippen LogP contribution in [0.5, 0.6) is 5.75 Å². The van der Waals surface area contributed by atoms with Crippen molar-refractivity contribution < 1.29 is 4.74 Å². The van der Waals surface area contributed by atoms with Gasteiger partial charge in [-0.15, -0.1) is 0 Å². The van der Waals surface area contributed by atoms with Crippen LogP contribution < -0.4 is 10.5 Å². The summed E-state index contributed by atoms with van der Waals surface area (Å²) in [5.74, 6) is 0.872. The Bertz CT molecular complexity index is 538. The lowest BCUT2D eigenvalue weighted by molar-refractivity contribution is 0.179. The number of ether oxygens (including phenoxy) is 1. The van der Waals surface area contributed by atoms with Crippen LogP contribution >= 0.6 is 0 Å². The normalized spacial score (nSPS) is 13.9. The van der Waals surface area contributed by atoms with Gasteiger partial charge in [0.2, 0.25) is 0 Å². The second-order valence-electron chi connectivity index (χ2n) is 4.95. The first-order chi connectivity index (χ1) is 9.08. The third-order valence-electron chi connectivity index (χ3n) is 3.07. The van der Waals surface area contributed by atoms with Gasteiger partial charge in [0.1, 0.15) is 11.9 Å². The maximum atomic E-state index is 6.08. The number of nitrogens with two attached hydrogens (primary N) is 1. The van der Waals surface area contributed by atoms with E-state index in [4.69, 9.17) is 10.5 Å². The van der Waals surface area contributed by atoms with E-state index in [9.17, 15) is 0 Å². The number of aryl methyl sites for hydroxylation is 2. The highest BCUT2D eigenvalue weighted by Crippen LogP contribution is 2.27. The van der Waals surface area contributed by atoms with Gasteiger partial charge in [0.25, 0.3) is 0 Å². The van der Waals surface area contributed by atoms with Gasteiger partial charge in [-0.25, -0.2) is 0 Å². The molecule has 2 rings (SSSR count). The van der Waals surface area contributed by atoms with Gasteiger partial charge in [-0.05, 0) is 38.5 Å². The van der Waals surface area contributed by atoms with Crippen LogP contribution in [0.1, 0.15) is 29.7 Å². The molecular formula is C16H20N2O. The highest BCUT2D eigenvalue weighted by molar-refractivity contribution is 5.36. The Morgan fingerprint density at radius 1 is 1.21 bits per heavy atom. The highest BCUT2D eigenvalue weighted by atomic mass is 16.5. The first-order valence-electron chi connectivity index (χ1n) is 6.47. The molecule has 0 aliphatic heterocycles. The molecule has 0 saturated heterocycles. The van der Waals surface area contributed by atoms with E-state index in [1.54, 1.807) is 12.4 Å². The number of benzene rings is 1. The molecular weight excluding hydrogens is 236 g/mol. The van der Waals surface area contributed by atoms with Crippen molar-refractivity contribution in [3.8, 4) is 5.75 Å². The third kappa shape index (κ3) is 3.32. The molecule has 0 aliphatic rings. The van der Waals surface area contributed by atoms with Gasteiger partial charge in [-0.2, -0.15) is 0 Å². The summed E-state index contributed by atoms with van der Waals surface area (Å²) < 4.78 is 6.08. The molecule has 3 heteroatoms. The van der Waals surface area contributed by atoms with Gasteiger partial charge >= 0.3 is 0 Å². The fourth-order valence-corrected chi connectivity index (χ4v) is 2.09. The summed E-state index contributed by atoms with van der Waals surface area (Å²) in [6, 6.07) is 9.93. The Kier molecular flexibility index (Phi) is 4.17. The quantitative estimate of drug-likeness (QED) is 0.914. The summed E-state index contributed by atoms with van der Waals surface area (Å²) in [5.41, 5.74) is 9.39. The molecule has 0 radical (unpaired) electrons.